The molecule has 1 aromatic carbocycles. The Morgan fingerprint density at radius 1 is 1.48 bits per heavy atom. The Labute approximate surface area is 128 Å². The Kier molecular flexibility index (Phi) is 4.26. The minimum absolute atomic E-state index is 0.0242. The van der Waals surface area contributed by atoms with Crippen LogP contribution in [0.25, 0.3) is 0 Å². The zero-order valence-corrected chi connectivity index (χ0v) is 13.3. The monoisotopic (exact) mass is 357 g/mol. The number of benzene rings is 1. The van der Waals surface area contributed by atoms with Gasteiger partial charge in [-0.3, -0.25) is 14.8 Å². The molecular formula is C13H13BrFN3O3. The van der Waals surface area contributed by atoms with Gasteiger partial charge in [-0.1, -0.05) is 0 Å². The van der Waals surface area contributed by atoms with Crippen LogP contribution >= 0.6 is 15.9 Å². The van der Waals surface area contributed by atoms with Gasteiger partial charge < -0.3 is 4.74 Å². The zero-order valence-electron chi connectivity index (χ0n) is 11.7. The standard InChI is InChI=1S/C13H13BrFN3O3/c1-7-4-12(9(15)5-10(7)18(19)20)21-6-11-13(14)8(2)16-17(11)3/h4-5H,6H2,1-3H3. The number of ether oxygens (including phenoxy) is 1. The van der Waals surface area contributed by atoms with E-state index < -0.39 is 10.7 Å². The zero-order chi connectivity index (χ0) is 15.7. The van der Waals surface area contributed by atoms with Gasteiger partial charge in [-0.15, -0.1) is 0 Å². The highest BCUT2D eigenvalue weighted by molar-refractivity contribution is 9.10. The molecule has 21 heavy (non-hydrogen) atoms. The minimum Gasteiger partial charge on any atom is -0.484 e. The molecule has 0 fully saturated rings. The quantitative estimate of drug-likeness (QED) is 0.620. The molecule has 0 unspecified atom stereocenters. The maximum absolute atomic E-state index is 13.8. The molecule has 8 heteroatoms. The highest BCUT2D eigenvalue weighted by Crippen LogP contribution is 2.28. The summed E-state index contributed by atoms with van der Waals surface area (Å²) in [7, 11) is 1.76. The van der Waals surface area contributed by atoms with Gasteiger partial charge in [-0.05, 0) is 35.8 Å². The van der Waals surface area contributed by atoms with Crippen LogP contribution in [0.4, 0.5) is 10.1 Å². The van der Waals surface area contributed by atoms with E-state index in [-0.39, 0.29) is 18.0 Å². The van der Waals surface area contributed by atoms with Gasteiger partial charge in [-0.25, -0.2) is 4.39 Å². The van der Waals surface area contributed by atoms with Crippen LogP contribution < -0.4 is 4.74 Å². The number of hydrogen-bond acceptors (Lipinski definition) is 4. The second-order valence-corrected chi connectivity index (χ2v) is 5.38. The van der Waals surface area contributed by atoms with Gasteiger partial charge in [0.25, 0.3) is 5.69 Å². The van der Waals surface area contributed by atoms with Crippen molar-refractivity contribution >= 4 is 21.6 Å². The highest BCUT2D eigenvalue weighted by Gasteiger charge is 2.17. The first-order valence-corrected chi connectivity index (χ1v) is 6.86. The number of nitro groups is 1. The highest BCUT2D eigenvalue weighted by atomic mass is 79.9. The Morgan fingerprint density at radius 3 is 2.67 bits per heavy atom. The lowest BCUT2D eigenvalue weighted by molar-refractivity contribution is -0.385. The first-order chi connectivity index (χ1) is 9.81. The molecule has 0 bridgehead atoms. The summed E-state index contributed by atoms with van der Waals surface area (Å²) in [6, 6.07) is 2.19. The van der Waals surface area contributed by atoms with E-state index >= 15 is 0 Å². The molecule has 6 nitrogen and oxygen atoms in total. The van der Waals surface area contributed by atoms with Crippen molar-refractivity contribution < 1.29 is 14.1 Å². The maximum atomic E-state index is 13.8. The van der Waals surface area contributed by atoms with Crippen LogP contribution in [-0.4, -0.2) is 14.7 Å². The van der Waals surface area contributed by atoms with Crippen LogP contribution in [0.15, 0.2) is 16.6 Å². The van der Waals surface area contributed by atoms with Crippen LogP contribution in [-0.2, 0) is 13.7 Å². The summed E-state index contributed by atoms with van der Waals surface area (Å²) < 4.78 is 21.7. The van der Waals surface area contributed by atoms with Crippen LogP contribution in [0.5, 0.6) is 5.75 Å². The van der Waals surface area contributed by atoms with E-state index in [0.29, 0.717) is 5.56 Å². The van der Waals surface area contributed by atoms with Crippen molar-refractivity contribution in [1.29, 1.82) is 0 Å². The van der Waals surface area contributed by atoms with Crippen LogP contribution in [0, 0.1) is 29.8 Å². The molecule has 0 aliphatic rings. The van der Waals surface area contributed by atoms with Crippen LogP contribution in [0.1, 0.15) is 17.0 Å². The third-order valence-corrected chi connectivity index (χ3v) is 4.10. The Hall–Kier alpha value is -1.96. The Morgan fingerprint density at radius 2 is 2.14 bits per heavy atom. The molecule has 0 saturated carbocycles. The number of aryl methyl sites for hydroxylation is 3. The molecule has 0 radical (unpaired) electrons. The molecular weight excluding hydrogens is 345 g/mol. The lowest BCUT2D eigenvalue weighted by Crippen LogP contribution is -2.05. The molecule has 0 aliphatic heterocycles. The van der Waals surface area contributed by atoms with E-state index in [0.717, 1.165) is 21.9 Å². The number of halogens is 2. The molecule has 0 saturated heterocycles. The fraction of sp³-hybridized carbons (Fsp3) is 0.308. The van der Waals surface area contributed by atoms with Crippen molar-refractivity contribution in [2.45, 2.75) is 20.5 Å². The second kappa shape index (κ2) is 5.80. The lowest BCUT2D eigenvalue weighted by Gasteiger charge is -2.09. The summed E-state index contributed by atoms with van der Waals surface area (Å²) in [4.78, 5) is 10.1. The smallest absolute Gasteiger partial charge is 0.275 e. The predicted molar refractivity (Wildman–Crippen MR) is 77.8 cm³/mol. The molecule has 2 rings (SSSR count). The topological polar surface area (TPSA) is 70.2 Å². The van der Waals surface area contributed by atoms with Gasteiger partial charge in [0.05, 0.1) is 26.9 Å². The van der Waals surface area contributed by atoms with Crippen molar-refractivity contribution in [3.63, 3.8) is 0 Å². The SMILES string of the molecule is Cc1cc(OCc2c(Br)c(C)nn2C)c(F)cc1[N+](=O)[O-]. The molecule has 0 spiro atoms. The maximum Gasteiger partial charge on any atom is 0.275 e. The van der Waals surface area contributed by atoms with Crippen LogP contribution in [0.2, 0.25) is 0 Å². The van der Waals surface area contributed by atoms with Crippen molar-refractivity contribution in [2.75, 3.05) is 0 Å². The van der Waals surface area contributed by atoms with Gasteiger partial charge in [0.1, 0.15) is 6.61 Å². The molecule has 1 heterocycles. The van der Waals surface area contributed by atoms with E-state index in [9.17, 15) is 14.5 Å². The molecule has 1 aromatic heterocycles. The first kappa shape index (κ1) is 15.4. The molecule has 0 amide bonds. The number of hydrogen-bond donors (Lipinski definition) is 0. The minimum atomic E-state index is -0.762. The number of aromatic nitrogens is 2. The number of nitro benzene ring substituents is 1. The fourth-order valence-corrected chi connectivity index (χ4v) is 2.39. The summed E-state index contributed by atoms with van der Waals surface area (Å²) in [6.07, 6.45) is 0. The molecule has 0 N–H and O–H groups in total. The fourth-order valence-electron chi connectivity index (χ4n) is 1.93. The van der Waals surface area contributed by atoms with E-state index in [2.05, 4.69) is 21.0 Å². The van der Waals surface area contributed by atoms with Gasteiger partial charge in [-0.2, -0.15) is 5.10 Å². The summed E-state index contributed by atoms with van der Waals surface area (Å²) in [5, 5.41) is 14.9. The van der Waals surface area contributed by atoms with Gasteiger partial charge >= 0.3 is 0 Å². The first-order valence-electron chi connectivity index (χ1n) is 6.06. The summed E-state index contributed by atoms with van der Waals surface area (Å²) in [5.41, 5.74) is 1.63. The van der Waals surface area contributed by atoms with Crippen molar-refractivity contribution in [1.82, 2.24) is 9.78 Å². The third kappa shape index (κ3) is 3.05. The van der Waals surface area contributed by atoms with E-state index in [1.165, 1.54) is 13.0 Å². The normalized spacial score (nSPS) is 10.7. The average molecular weight is 358 g/mol. The average Bonchev–Trinajstić information content (AvgIpc) is 2.64. The number of nitrogens with zero attached hydrogens (tertiary/aromatic N) is 3. The van der Waals surface area contributed by atoms with Gasteiger partial charge in [0.2, 0.25) is 0 Å². The van der Waals surface area contributed by atoms with E-state index in [4.69, 9.17) is 4.74 Å². The Bertz CT molecular complexity index is 715. The van der Waals surface area contributed by atoms with Gasteiger partial charge in [0.15, 0.2) is 11.6 Å². The predicted octanol–water partition coefficient (Wildman–Crippen LogP) is 3.43. The van der Waals surface area contributed by atoms with E-state index in [1.807, 2.05) is 6.92 Å². The number of rotatable bonds is 4. The van der Waals surface area contributed by atoms with Crippen molar-refractivity contribution in [3.05, 3.63) is 49.5 Å². The summed E-state index contributed by atoms with van der Waals surface area (Å²) >= 11 is 3.39. The summed E-state index contributed by atoms with van der Waals surface area (Å²) in [5.74, 6) is -0.786. The molecule has 2 aromatic rings. The lowest BCUT2D eigenvalue weighted by atomic mass is 10.2. The second-order valence-electron chi connectivity index (χ2n) is 4.58. The van der Waals surface area contributed by atoms with Crippen molar-refractivity contribution in [2.24, 2.45) is 7.05 Å². The largest absolute Gasteiger partial charge is 0.484 e. The van der Waals surface area contributed by atoms with Crippen LogP contribution in [0.3, 0.4) is 0 Å². The molecule has 0 aliphatic carbocycles. The van der Waals surface area contributed by atoms with Gasteiger partial charge in [0, 0.05) is 12.6 Å². The van der Waals surface area contributed by atoms with E-state index in [1.54, 1.807) is 11.7 Å². The Balaban J connectivity index is 2.25. The molecule has 112 valence electrons. The third-order valence-electron chi connectivity index (χ3n) is 3.07. The summed E-state index contributed by atoms with van der Waals surface area (Å²) in [6.45, 7) is 3.48. The molecule has 0 atom stereocenters. The van der Waals surface area contributed by atoms with Crippen molar-refractivity contribution in [3.8, 4) is 5.75 Å².